The smallest absolute Gasteiger partial charge is 0.432 e. The van der Waals surface area contributed by atoms with Crippen molar-refractivity contribution < 1.29 is 68.8 Å². The van der Waals surface area contributed by atoms with Gasteiger partial charge in [-0.3, -0.25) is 9.59 Å². The van der Waals surface area contributed by atoms with E-state index >= 15 is 0 Å². The summed E-state index contributed by atoms with van der Waals surface area (Å²) >= 11 is 0. The van der Waals surface area contributed by atoms with Crippen LogP contribution in [0.2, 0.25) is 0 Å². The molecule has 0 amide bonds. The minimum atomic E-state index is -6.10. The summed E-state index contributed by atoms with van der Waals surface area (Å²) in [5.74, 6) is -12.8. The second-order valence-electron chi connectivity index (χ2n) is 7.76. The molecule has 16 heteroatoms. The number of nitrogens with one attached hydrogen (secondary N) is 1. The molecule has 1 fully saturated rings. The number of hydrogen-bond acceptors (Lipinski definition) is 7. The van der Waals surface area contributed by atoms with Crippen LogP contribution in [0.1, 0.15) is 30.9 Å². The van der Waals surface area contributed by atoms with E-state index in [0.717, 1.165) is 13.8 Å². The lowest BCUT2D eigenvalue weighted by Crippen LogP contribution is -2.81. The monoisotopic (exact) mass is 541 g/mol. The average Bonchev–Trinajstić information content (AvgIpc) is 2.71. The van der Waals surface area contributed by atoms with E-state index in [0.29, 0.717) is 17.4 Å². The number of esters is 2. The number of benzene rings is 1. The molecule has 2 rings (SSSR count). The molecule has 36 heavy (non-hydrogen) atoms. The van der Waals surface area contributed by atoms with Gasteiger partial charge in [-0.15, -0.1) is 0 Å². The third kappa shape index (κ3) is 5.11. The first-order valence-electron chi connectivity index (χ1n) is 10.1. The van der Waals surface area contributed by atoms with Crippen molar-refractivity contribution in [3.63, 3.8) is 0 Å². The van der Waals surface area contributed by atoms with Gasteiger partial charge in [-0.05, 0) is 31.5 Å². The van der Waals surface area contributed by atoms with Crippen LogP contribution in [0.15, 0.2) is 24.3 Å². The van der Waals surface area contributed by atoms with Crippen molar-refractivity contribution in [2.75, 3.05) is 13.2 Å². The molecule has 0 spiro atoms. The van der Waals surface area contributed by atoms with E-state index in [2.05, 4.69) is 9.47 Å². The SMILES string of the molecule is CCOC(=O)C1C(c2ccc(C(F)(F)F)cc2)C(C(=O)OCC)C(O)(C(F)(F)F)NC1(O)C(F)(F)F. The summed E-state index contributed by atoms with van der Waals surface area (Å²) in [6.07, 6.45) is -17.2. The molecule has 0 aliphatic carbocycles. The molecule has 3 N–H and O–H groups in total. The van der Waals surface area contributed by atoms with Gasteiger partial charge in [0.25, 0.3) is 0 Å². The Morgan fingerprint density at radius 1 is 0.806 bits per heavy atom. The Kier molecular flexibility index (Phi) is 7.99. The van der Waals surface area contributed by atoms with Gasteiger partial charge in [-0.1, -0.05) is 12.1 Å². The fourth-order valence-corrected chi connectivity index (χ4v) is 4.03. The largest absolute Gasteiger partial charge is 0.466 e. The van der Waals surface area contributed by atoms with E-state index < -0.39 is 84.0 Å². The lowest BCUT2D eigenvalue weighted by molar-refractivity contribution is -0.376. The van der Waals surface area contributed by atoms with E-state index in [1.54, 1.807) is 0 Å². The Bertz CT molecular complexity index is 914. The maximum Gasteiger partial charge on any atom is 0.432 e. The van der Waals surface area contributed by atoms with Crippen molar-refractivity contribution in [1.29, 1.82) is 0 Å². The Morgan fingerprint density at radius 3 is 1.44 bits per heavy atom. The molecule has 1 aromatic carbocycles. The number of carbonyl (C=O) groups excluding carboxylic acids is 2. The lowest BCUT2D eigenvalue weighted by atomic mass is 9.64. The van der Waals surface area contributed by atoms with Crippen LogP contribution in [-0.4, -0.2) is 59.2 Å². The molecular formula is C20H20F9NO6. The molecule has 1 heterocycles. The van der Waals surface area contributed by atoms with Crippen LogP contribution < -0.4 is 5.32 Å². The van der Waals surface area contributed by atoms with Crippen LogP contribution in [0.3, 0.4) is 0 Å². The predicted molar refractivity (Wildman–Crippen MR) is 99.6 cm³/mol. The van der Waals surface area contributed by atoms with Crippen LogP contribution in [0.5, 0.6) is 0 Å². The first kappa shape index (κ1) is 29.6. The first-order chi connectivity index (χ1) is 16.3. The summed E-state index contributed by atoms with van der Waals surface area (Å²) in [5, 5.41) is 21.5. The number of hydrogen-bond donors (Lipinski definition) is 3. The molecule has 0 aromatic heterocycles. The van der Waals surface area contributed by atoms with Crippen molar-refractivity contribution in [2.45, 2.75) is 49.7 Å². The highest BCUT2D eigenvalue weighted by Gasteiger charge is 2.78. The second-order valence-corrected chi connectivity index (χ2v) is 7.76. The number of aliphatic hydroxyl groups is 2. The van der Waals surface area contributed by atoms with Crippen LogP contribution in [-0.2, 0) is 25.2 Å². The fraction of sp³-hybridized carbons (Fsp3) is 0.600. The number of halogens is 9. The molecular weight excluding hydrogens is 521 g/mol. The number of rotatable bonds is 5. The Hall–Kier alpha value is -2.59. The summed E-state index contributed by atoms with van der Waals surface area (Å²) in [7, 11) is 0. The molecule has 7 nitrogen and oxygen atoms in total. The Balaban J connectivity index is 2.97. The molecule has 1 aliphatic rings. The van der Waals surface area contributed by atoms with Crippen molar-refractivity contribution in [3.8, 4) is 0 Å². The molecule has 1 aliphatic heterocycles. The molecule has 0 radical (unpaired) electrons. The van der Waals surface area contributed by atoms with E-state index in [4.69, 9.17) is 0 Å². The van der Waals surface area contributed by atoms with Crippen LogP contribution >= 0.6 is 0 Å². The van der Waals surface area contributed by atoms with E-state index in [1.165, 1.54) is 0 Å². The lowest BCUT2D eigenvalue weighted by Gasteiger charge is -2.54. The number of piperidine rings is 1. The van der Waals surface area contributed by atoms with E-state index in [9.17, 15) is 59.3 Å². The fourth-order valence-electron chi connectivity index (χ4n) is 4.03. The van der Waals surface area contributed by atoms with Crippen LogP contribution in [0.4, 0.5) is 39.5 Å². The van der Waals surface area contributed by atoms with Crippen molar-refractivity contribution in [3.05, 3.63) is 35.4 Å². The molecule has 0 bridgehead atoms. The average molecular weight is 541 g/mol. The number of alkyl halides is 9. The van der Waals surface area contributed by atoms with E-state index in [-0.39, 0.29) is 12.1 Å². The Morgan fingerprint density at radius 2 is 1.17 bits per heavy atom. The van der Waals surface area contributed by atoms with Gasteiger partial charge in [0, 0.05) is 5.92 Å². The molecule has 1 saturated heterocycles. The summed E-state index contributed by atoms with van der Waals surface area (Å²) in [5.41, 5.74) is -11.9. The van der Waals surface area contributed by atoms with Gasteiger partial charge in [0.2, 0.25) is 11.4 Å². The van der Waals surface area contributed by atoms with Crippen molar-refractivity contribution >= 4 is 11.9 Å². The van der Waals surface area contributed by atoms with Gasteiger partial charge in [-0.2, -0.15) is 39.5 Å². The van der Waals surface area contributed by atoms with Crippen molar-refractivity contribution in [1.82, 2.24) is 5.32 Å². The van der Waals surface area contributed by atoms with Gasteiger partial charge in [0.05, 0.1) is 18.8 Å². The Labute approximate surface area is 197 Å². The van der Waals surface area contributed by atoms with Crippen LogP contribution in [0, 0.1) is 11.8 Å². The van der Waals surface area contributed by atoms with Gasteiger partial charge in [-0.25, -0.2) is 5.32 Å². The molecule has 0 saturated carbocycles. The molecule has 204 valence electrons. The van der Waals surface area contributed by atoms with Gasteiger partial charge in [0.1, 0.15) is 11.8 Å². The highest BCUT2D eigenvalue weighted by molar-refractivity contribution is 5.81. The topological polar surface area (TPSA) is 105 Å². The minimum absolute atomic E-state index is 0.279. The maximum absolute atomic E-state index is 14.0. The summed E-state index contributed by atoms with van der Waals surface area (Å²) in [6.45, 7) is 0.971. The highest BCUT2D eigenvalue weighted by atomic mass is 19.4. The molecule has 4 atom stereocenters. The third-order valence-corrected chi connectivity index (χ3v) is 5.57. The van der Waals surface area contributed by atoms with Gasteiger partial charge in [0.15, 0.2) is 0 Å². The molecule has 4 unspecified atom stereocenters. The molecule has 1 aromatic rings. The second kappa shape index (κ2) is 9.70. The summed E-state index contributed by atoms with van der Waals surface area (Å²) in [4.78, 5) is 25.3. The first-order valence-corrected chi connectivity index (χ1v) is 10.1. The predicted octanol–water partition coefficient (Wildman–Crippen LogP) is 3.25. The number of carbonyl (C=O) groups is 2. The minimum Gasteiger partial charge on any atom is -0.466 e. The zero-order chi connectivity index (χ0) is 27.9. The third-order valence-electron chi connectivity index (χ3n) is 5.57. The van der Waals surface area contributed by atoms with Gasteiger partial charge < -0.3 is 19.7 Å². The zero-order valence-corrected chi connectivity index (χ0v) is 18.4. The van der Waals surface area contributed by atoms with Crippen molar-refractivity contribution in [2.24, 2.45) is 11.8 Å². The van der Waals surface area contributed by atoms with E-state index in [1.807, 2.05) is 0 Å². The zero-order valence-electron chi connectivity index (χ0n) is 18.4. The summed E-state index contributed by atoms with van der Waals surface area (Å²) < 4.78 is 132. The van der Waals surface area contributed by atoms with Crippen LogP contribution in [0.25, 0.3) is 0 Å². The number of ether oxygens (including phenoxy) is 2. The highest BCUT2D eigenvalue weighted by Crippen LogP contribution is 2.55. The summed E-state index contributed by atoms with van der Waals surface area (Å²) in [6, 6.07) is 1.40. The standard InChI is InChI=1S/C20H20F9NO6/c1-3-35-14(31)12-11(9-5-7-10(8-6-9)18(21,22)23)13(15(32)36-4-2)17(34,20(27,28)29)30-16(12,33)19(24,25)26/h5-8,11-13,30,33-34H,3-4H2,1-2H3. The normalized spacial score (nSPS) is 29.5. The quantitative estimate of drug-likeness (QED) is 0.389. The van der Waals surface area contributed by atoms with Gasteiger partial charge >= 0.3 is 30.5 Å². The maximum atomic E-state index is 14.0.